The summed E-state index contributed by atoms with van der Waals surface area (Å²) in [5.41, 5.74) is 4.17. The fraction of sp³-hybridized carbons (Fsp3) is 0.600. The smallest absolute Gasteiger partial charge is 0.0412 e. The summed E-state index contributed by atoms with van der Waals surface area (Å²) in [5.74, 6) is 2.58. The van der Waals surface area contributed by atoms with Gasteiger partial charge in [0.1, 0.15) is 0 Å². The minimum atomic E-state index is 0.707. The van der Waals surface area contributed by atoms with E-state index >= 15 is 0 Å². The van der Waals surface area contributed by atoms with Crippen molar-refractivity contribution in [2.45, 2.75) is 32.9 Å². The molecule has 2 nitrogen and oxygen atoms in total. The molecule has 0 bridgehead atoms. The summed E-state index contributed by atoms with van der Waals surface area (Å²) in [6, 6.07) is 7.53. The second-order valence-corrected chi connectivity index (χ2v) is 6.19. The predicted molar refractivity (Wildman–Crippen MR) is 82.7 cm³/mol. The van der Waals surface area contributed by atoms with E-state index in [1.54, 1.807) is 0 Å². The van der Waals surface area contributed by atoms with Crippen LogP contribution >= 0.6 is 11.8 Å². The number of rotatable bonds is 5. The SMILES string of the molecule is CCNCc1cc(C)ccc1N(C)C1CCSC1. The van der Waals surface area contributed by atoms with Crippen LogP contribution in [0.3, 0.4) is 0 Å². The highest BCUT2D eigenvalue weighted by molar-refractivity contribution is 7.99. The number of benzene rings is 1. The van der Waals surface area contributed by atoms with E-state index in [0.717, 1.165) is 13.1 Å². The topological polar surface area (TPSA) is 15.3 Å². The maximum atomic E-state index is 3.45. The molecule has 1 fully saturated rings. The Labute approximate surface area is 115 Å². The highest BCUT2D eigenvalue weighted by Gasteiger charge is 2.21. The third-order valence-corrected chi connectivity index (χ3v) is 4.78. The molecule has 0 spiro atoms. The lowest BCUT2D eigenvalue weighted by molar-refractivity contribution is 0.683. The molecule has 1 atom stereocenters. The molecule has 1 aliphatic rings. The van der Waals surface area contributed by atoms with Gasteiger partial charge in [0.2, 0.25) is 0 Å². The van der Waals surface area contributed by atoms with Crippen LogP contribution in [0.5, 0.6) is 0 Å². The van der Waals surface area contributed by atoms with Gasteiger partial charge in [0.05, 0.1) is 0 Å². The van der Waals surface area contributed by atoms with Crippen molar-refractivity contribution in [3.05, 3.63) is 29.3 Å². The monoisotopic (exact) mass is 264 g/mol. The van der Waals surface area contributed by atoms with Gasteiger partial charge < -0.3 is 10.2 Å². The first-order chi connectivity index (χ1) is 8.72. The van der Waals surface area contributed by atoms with Crippen molar-refractivity contribution in [1.82, 2.24) is 5.32 Å². The van der Waals surface area contributed by atoms with Crippen LogP contribution in [-0.4, -0.2) is 31.1 Å². The molecule has 0 radical (unpaired) electrons. The summed E-state index contributed by atoms with van der Waals surface area (Å²) in [4.78, 5) is 2.48. The van der Waals surface area contributed by atoms with Gasteiger partial charge in [0, 0.05) is 31.1 Å². The van der Waals surface area contributed by atoms with E-state index in [9.17, 15) is 0 Å². The van der Waals surface area contributed by atoms with Crippen molar-refractivity contribution < 1.29 is 0 Å². The van der Waals surface area contributed by atoms with Crippen molar-refractivity contribution in [1.29, 1.82) is 0 Å². The number of nitrogens with zero attached hydrogens (tertiary/aromatic N) is 1. The maximum Gasteiger partial charge on any atom is 0.0412 e. The van der Waals surface area contributed by atoms with Crippen molar-refractivity contribution in [3.63, 3.8) is 0 Å². The van der Waals surface area contributed by atoms with E-state index in [2.05, 4.69) is 61.1 Å². The van der Waals surface area contributed by atoms with E-state index < -0.39 is 0 Å². The van der Waals surface area contributed by atoms with Crippen molar-refractivity contribution >= 4 is 17.4 Å². The molecule has 1 aromatic carbocycles. The number of hydrogen-bond donors (Lipinski definition) is 1. The molecule has 1 heterocycles. The third-order valence-electron chi connectivity index (χ3n) is 3.63. The first kappa shape index (κ1) is 13.8. The van der Waals surface area contributed by atoms with Gasteiger partial charge in [0.25, 0.3) is 0 Å². The quantitative estimate of drug-likeness (QED) is 0.880. The molecule has 1 aromatic rings. The first-order valence-electron chi connectivity index (χ1n) is 6.83. The van der Waals surface area contributed by atoms with Crippen LogP contribution in [-0.2, 0) is 6.54 Å². The summed E-state index contributed by atoms with van der Waals surface area (Å²) < 4.78 is 0. The zero-order valence-corrected chi connectivity index (χ0v) is 12.5. The number of aryl methyl sites for hydroxylation is 1. The average Bonchev–Trinajstić information content (AvgIpc) is 2.89. The van der Waals surface area contributed by atoms with Gasteiger partial charge in [-0.05, 0) is 37.3 Å². The highest BCUT2D eigenvalue weighted by Crippen LogP contribution is 2.28. The van der Waals surface area contributed by atoms with Crippen molar-refractivity contribution in [3.8, 4) is 0 Å². The van der Waals surface area contributed by atoms with Gasteiger partial charge in [-0.3, -0.25) is 0 Å². The van der Waals surface area contributed by atoms with E-state index in [-0.39, 0.29) is 0 Å². The fourth-order valence-corrected chi connectivity index (χ4v) is 3.75. The summed E-state index contributed by atoms with van der Waals surface area (Å²) in [6.07, 6.45) is 1.32. The van der Waals surface area contributed by atoms with Crippen LogP contribution in [0.2, 0.25) is 0 Å². The Hall–Kier alpha value is -0.670. The molecule has 0 amide bonds. The Kier molecular flexibility index (Phi) is 4.95. The lowest BCUT2D eigenvalue weighted by Gasteiger charge is -2.28. The van der Waals surface area contributed by atoms with Crippen LogP contribution in [0.25, 0.3) is 0 Å². The van der Waals surface area contributed by atoms with Gasteiger partial charge in [-0.25, -0.2) is 0 Å². The molecule has 1 N–H and O–H groups in total. The van der Waals surface area contributed by atoms with E-state index in [0.29, 0.717) is 6.04 Å². The second-order valence-electron chi connectivity index (χ2n) is 5.04. The molecule has 0 aromatic heterocycles. The summed E-state index contributed by atoms with van der Waals surface area (Å²) in [5, 5.41) is 3.45. The highest BCUT2D eigenvalue weighted by atomic mass is 32.2. The van der Waals surface area contributed by atoms with Crippen molar-refractivity contribution in [2.24, 2.45) is 0 Å². The number of thioether (sulfide) groups is 1. The fourth-order valence-electron chi connectivity index (χ4n) is 2.48. The Morgan fingerprint density at radius 2 is 2.28 bits per heavy atom. The largest absolute Gasteiger partial charge is 0.370 e. The van der Waals surface area contributed by atoms with Crippen molar-refractivity contribution in [2.75, 3.05) is 30.0 Å². The van der Waals surface area contributed by atoms with E-state index in [1.807, 2.05) is 0 Å². The zero-order chi connectivity index (χ0) is 13.0. The number of hydrogen-bond acceptors (Lipinski definition) is 3. The minimum Gasteiger partial charge on any atom is -0.370 e. The normalized spacial score (nSPS) is 19.2. The Morgan fingerprint density at radius 1 is 1.44 bits per heavy atom. The molecule has 18 heavy (non-hydrogen) atoms. The molecule has 2 rings (SSSR count). The second kappa shape index (κ2) is 6.48. The molecule has 0 aliphatic carbocycles. The number of anilines is 1. The van der Waals surface area contributed by atoms with Crippen LogP contribution in [0, 0.1) is 6.92 Å². The molecule has 0 saturated carbocycles. The van der Waals surface area contributed by atoms with Gasteiger partial charge in [-0.15, -0.1) is 0 Å². The number of nitrogens with one attached hydrogen (secondary N) is 1. The summed E-state index contributed by atoms with van der Waals surface area (Å²) in [6.45, 7) is 6.32. The zero-order valence-electron chi connectivity index (χ0n) is 11.7. The molecular weight excluding hydrogens is 240 g/mol. The van der Waals surface area contributed by atoms with Crippen LogP contribution in [0.1, 0.15) is 24.5 Å². The minimum absolute atomic E-state index is 0.707. The van der Waals surface area contributed by atoms with Crippen LogP contribution in [0.15, 0.2) is 18.2 Å². The Morgan fingerprint density at radius 3 is 2.94 bits per heavy atom. The van der Waals surface area contributed by atoms with Gasteiger partial charge in [-0.1, -0.05) is 24.6 Å². The van der Waals surface area contributed by atoms with Gasteiger partial charge >= 0.3 is 0 Å². The first-order valence-corrected chi connectivity index (χ1v) is 7.98. The Bertz CT molecular complexity index is 386. The average molecular weight is 264 g/mol. The predicted octanol–water partition coefficient (Wildman–Crippen LogP) is 3.05. The van der Waals surface area contributed by atoms with Gasteiger partial charge in [0.15, 0.2) is 0 Å². The molecule has 1 saturated heterocycles. The molecule has 1 unspecified atom stereocenters. The lowest BCUT2D eigenvalue weighted by Crippen LogP contribution is -2.32. The lowest BCUT2D eigenvalue weighted by atomic mass is 10.1. The molecule has 100 valence electrons. The van der Waals surface area contributed by atoms with E-state index in [1.165, 1.54) is 34.7 Å². The van der Waals surface area contributed by atoms with E-state index in [4.69, 9.17) is 0 Å². The summed E-state index contributed by atoms with van der Waals surface area (Å²) >= 11 is 2.07. The van der Waals surface area contributed by atoms with Crippen LogP contribution in [0.4, 0.5) is 5.69 Å². The van der Waals surface area contributed by atoms with Gasteiger partial charge in [-0.2, -0.15) is 11.8 Å². The molecule has 1 aliphatic heterocycles. The molecule has 3 heteroatoms. The van der Waals surface area contributed by atoms with Crippen LogP contribution < -0.4 is 10.2 Å². The third kappa shape index (κ3) is 3.21. The summed E-state index contributed by atoms with van der Waals surface area (Å²) in [7, 11) is 2.25. The molecular formula is C15H24N2S. The standard InChI is InChI=1S/C15H24N2S/c1-4-16-10-13-9-12(2)5-6-15(13)17(3)14-7-8-18-11-14/h5-6,9,14,16H,4,7-8,10-11H2,1-3H3. The maximum absolute atomic E-state index is 3.45. The Balaban J connectivity index is 2.18.